The maximum Gasteiger partial charge on any atom is 0.336 e. The predicted octanol–water partition coefficient (Wildman–Crippen LogP) is -1.72. The quantitative estimate of drug-likeness (QED) is 0.332. The zero-order chi connectivity index (χ0) is 18.2. The number of aliphatic hydroxyl groups excluding tert-OH is 4. The molecule has 0 aliphatic carbocycles. The van der Waals surface area contributed by atoms with Crippen molar-refractivity contribution in [3.8, 4) is 17.2 Å². The molecular weight excluding hydrogens is 328 g/mol. The van der Waals surface area contributed by atoms with Crippen molar-refractivity contribution < 1.29 is 50.0 Å². The van der Waals surface area contributed by atoms with E-state index < -0.39 is 60.5 Å². The van der Waals surface area contributed by atoms with E-state index in [2.05, 4.69) is 0 Å². The summed E-state index contributed by atoms with van der Waals surface area (Å²) in [5.74, 6) is -3.36. The molecule has 7 N–H and O–H groups in total. The lowest BCUT2D eigenvalue weighted by Crippen LogP contribution is -2.60. The van der Waals surface area contributed by atoms with Crippen molar-refractivity contribution in [3.63, 3.8) is 0 Å². The number of aliphatic hydroxyl groups is 4. The summed E-state index contributed by atoms with van der Waals surface area (Å²) < 4.78 is 10.2. The van der Waals surface area contributed by atoms with Crippen LogP contribution in [0.15, 0.2) is 6.07 Å². The average molecular weight is 346 g/mol. The van der Waals surface area contributed by atoms with Gasteiger partial charge in [0.2, 0.25) is 12.0 Å². The van der Waals surface area contributed by atoms with E-state index in [1.54, 1.807) is 0 Å². The summed E-state index contributed by atoms with van der Waals surface area (Å²) in [5.41, 5.74) is -0.453. The fourth-order valence-electron chi connectivity index (χ4n) is 2.35. The summed E-state index contributed by atoms with van der Waals surface area (Å²) >= 11 is 0. The molecule has 0 aromatic heterocycles. The van der Waals surface area contributed by atoms with Crippen LogP contribution in [0.1, 0.15) is 15.9 Å². The van der Waals surface area contributed by atoms with Crippen LogP contribution >= 0.6 is 0 Å². The van der Waals surface area contributed by atoms with Gasteiger partial charge in [-0.1, -0.05) is 0 Å². The lowest BCUT2D eigenvalue weighted by Gasteiger charge is -2.39. The van der Waals surface area contributed by atoms with Crippen molar-refractivity contribution in [1.82, 2.24) is 0 Å². The van der Waals surface area contributed by atoms with Crippen LogP contribution in [0.3, 0.4) is 0 Å². The Morgan fingerprint density at radius 3 is 2.38 bits per heavy atom. The van der Waals surface area contributed by atoms with Crippen molar-refractivity contribution in [1.29, 1.82) is 0 Å². The summed E-state index contributed by atoms with van der Waals surface area (Å²) in [6, 6.07) is 0.844. The fourth-order valence-corrected chi connectivity index (χ4v) is 2.35. The zero-order valence-corrected chi connectivity index (χ0v) is 12.5. The van der Waals surface area contributed by atoms with Crippen molar-refractivity contribution in [3.05, 3.63) is 17.2 Å². The minimum absolute atomic E-state index is 0.0973. The number of carbonyl (C=O) groups is 1. The molecule has 1 aromatic carbocycles. The van der Waals surface area contributed by atoms with Crippen LogP contribution < -0.4 is 4.74 Å². The van der Waals surface area contributed by atoms with Gasteiger partial charge < -0.3 is 45.2 Å². The summed E-state index contributed by atoms with van der Waals surface area (Å²) in [7, 11) is 0. The molecule has 5 atom stereocenters. The average Bonchev–Trinajstić information content (AvgIpc) is 2.54. The first-order valence-corrected chi connectivity index (χ1v) is 6.95. The Labute approximate surface area is 135 Å². The Balaban J connectivity index is 2.34. The van der Waals surface area contributed by atoms with Gasteiger partial charge in [0.25, 0.3) is 0 Å². The Morgan fingerprint density at radius 1 is 1.21 bits per heavy atom. The molecule has 10 heteroatoms. The molecule has 0 saturated carbocycles. The molecule has 24 heavy (non-hydrogen) atoms. The van der Waals surface area contributed by atoms with Gasteiger partial charge in [-0.05, 0) is 13.0 Å². The van der Waals surface area contributed by atoms with Crippen molar-refractivity contribution in [2.24, 2.45) is 0 Å². The molecule has 0 amide bonds. The lowest BCUT2D eigenvalue weighted by atomic mass is 9.99. The van der Waals surface area contributed by atoms with Crippen LogP contribution in [0.25, 0.3) is 0 Å². The summed E-state index contributed by atoms with van der Waals surface area (Å²) in [6.07, 6.45) is -7.92. The minimum atomic E-state index is -1.75. The highest BCUT2D eigenvalue weighted by Crippen LogP contribution is 2.42. The monoisotopic (exact) mass is 346 g/mol. The lowest BCUT2D eigenvalue weighted by molar-refractivity contribution is -0.277. The number of hydrogen-bond donors (Lipinski definition) is 7. The summed E-state index contributed by atoms with van der Waals surface area (Å²) in [4.78, 5) is 11.0. The molecule has 10 nitrogen and oxygen atoms in total. The maximum absolute atomic E-state index is 11.0. The highest BCUT2D eigenvalue weighted by molar-refractivity contribution is 5.91. The first-order valence-electron chi connectivity index (χ1n) is 6.95. The third kappa shape index (κ3) is 3.09. The topological polar surface area (TPSA) is 177 Å². The number of carboxylic acid groups (broad SMARTS) is 1. The van der Waals surface area contributed by atoms with Gasteiger partial charge in [-0.25, -0.2) is 4.79 Å². The molecule has 0 radical (unpaired) electrons. The van der Waals surface area contributed by atoms with Crippen LogP contribution in [0.4, 0.5) is 0 Å². The second-order valence-electron chi connectivity index (χ2n) is 5.37. The summed E-state index contributed by atoms with van der Waals surface area (Å²) in [6.45, 7) is 0.595. The van der Waals surface area contributed by atoms with E-state index in [0.717, 1.165) is 6.07 Å². The van der Waals surface area contributed by atoms with E-state index in [0.29, 0.717) is 0 Å². The highest BCUT2D eigenvalue weighted by Gasteiger charge is 2.45. The van der Waals surface area contributed by atoms with Gasteiger partial charge in [0.05, 0.1) is 12.2 Å². The van der Waals surface area contributed by atoms with Gasteiger partial charge in [-0.3, -0.25) is 0 Å². The van der Waals surface area contributed by atoms with Crippen LogP contribution in [0.5, 0.6) is 17.2 Å². The van der Waals surface area contributed by atoms with Gasteiger partial charge in [0, 0.05) is 5.56 Å². The first kappa shape index (κ1) is 18.2. The molecule has 5 unspecified atom stereocenters. The molecular formula is C14H18O10. The normalized spacial score (nSPS) is 30.1. The summed E-state index contributed by atoms with van der Waals surface area (Å²) in [5, 5.41) is 67.2. The van der Waals surface area contributed by atoms with Crippen LogP contribution in [-0.2, 0) is 4.74 Å². The Kier molecular flexibility index (Phi) is 5.16. The molecule has 1 fully saturated rings. The number of phenols is 2. The molecule has 1 heterocycles. The molecule has 1 aromatic rings. The number of benzene rings is 1. The van der Waals surface area contributed by atoms with Gasteiger partial charge in [0.1, 0.15) is 24.4 Å². The fraction of sp³-hybridized carbons (Fsp3) is 0.500. The molecule has 1 aliphatic heterocycles. The number of aromatic hydroxyl groups is 2. The number of phenolic OH excluding ortho intramolecular Hbond substituents is 2. The number of carboxylic acids is 1. The first-order chi connectivity index (χ1) is 11.2. The SMILES string of the molecule is Cc1c(C(=O)O)cc(O)c(OC2OC(CO)C(O)C(O)C2O)c1O. The van der Waals surface area contributed by atoms with Gasteiger partial charge in [-0.2, -0.15) is 0 Å². The smallest absolute Gasteiger partial charge is 0.336 e. The van der Waals surface area contributed by atoms with Gasteiger partial charge in [0.15, 0.2) is 11.5 Å². The molecule has 2 rings (SSSR count). The zero-order valence-electron chi connectivity index (χ0n) is 12.5. The minimum Gasteiger partial charge on any atom is -0.504 e. The van der Waals surface area contributed by atoms with Crippen molar-refractivity contribution in [2.75, 3.05) is 6.61 Å². The second kappa shape index (κ2) is 6.79. The number of aromatic carboxylic acids is 1. The Morgan fingerprint density at radius 2 is 1.83 bits per heavy atom. The highest BCUT2D eigenvalue weighted by atomic mass is 16.7. The van der Waals surface area contributed by atoms with Crippen LogP contribution in [0.2, 0.25) is 0 Å². The second-order valence-corrected chi connectivity index (χ2v) is 5.37. The van der Waals surface area contributed by atoms with E-state index in [9.17, 15) is 30.3 Å². The van der Waals surface area contributed by atoms with E-state index >= 15 is 0 Å². The van der Waals surface area contributed by atoms with E-state index in [1.807, 2.05) is 0 Å². The van der Waals surface area contributed by atoms with E-state index in [-0.39, 0.29) is 11.1 Å². The van der Waals surface area contributed by atoms with E-state index in [4.69, 9.17) is 19.7 Å². The Bertz CT molecular complexity index is 628. The molecule has 0 spiro atoms. The third-order valence-electron chi connectivity index (χ3n) is 3.80. The molecule has 1 aliphatic rings. The largest absolute Gasteiger partial charge is 0.504 e. The van der Waals surface area contributed by atoms with E-state index in [1.165, 1.54) is 6.92 Å². The molecule has 134 valence electrons. The molecule has 0 bridgehead atoms. The van der Waals surface area contributed by atoms with Gasteiger partial charge in [-0.15, -0.1) is 0 Å². The predicted molar refractivity (Wildman–Crippen MR) is 75.9 cm³/mol. The standard InChI is InChI=1S/C14H18O10/c1-4-5(13(21)22)2-6(16)12(8(4)17)24-14-11(20)10(19)9(18)7(3-15)23-14/h2,7,9-11,14-20H,3H2,1H3,(H,21,22). The molecule has 1 saturated heterocycles. The Hall–Kier alpha value is -2.11. The van der Waals surface area contributed by atoms with Crippen molar-refractivity contribution in [2.45, 2.75) is 37.6 Å². The van der Waals surface area contributed by atoms with Crippen molar-refractivity contribution >= 4 is 5.97 Å². The number of hydrogen-bond acceptors (Lipinski definition) is 9. The maximum atomic E-state index is 11.0. The third-order valence-corrected chi connectivity index (χ3v) is 3.80. The number of rotatable bonds is 4. The number of ether oxygens (including phenoxy) is 2. The van der Waals surface area contributed by atoms with Crippen LogP contribution in [-0.4, -0.2) is 79.0 Å². The van der Waals surface area contributed by atoms with Crippen LogP contribution in [0, 0.1) is 6.92 Å². The van der Waals surface area contributed by atoms with Gasteiger partial charge >= 0.3 is 5.97 Å².